The maximum absolute atomic E-state index is 13.7. The normalized spacial score (nSPS) is 12.2. The van der Waals surface area contributed by atoms with E-state index in [1.807, 2.05) is 19.1 Å². The van der Waals surface area contributed by atoms with Crippen molar-refractivity contribution in [3.05, 3.63) is 54.1 Å². The summed E-state index contributed by atoms with van der Waals surface area (Å²) in [5, 5.41) is 0. The number of para-hydroxylation sites is 1. The fraction of sp³-hybridized carbons (Fsp3) is 0.214. The number of benzene rings is 1. The van der Waals surface area contributed by atoms with Gasteiger partial charge in [-0.15, -0.1) is 0 Å². The van der Waals surface area contributed by atoms with Crippen molar-refractivity contribution in [2.24, 2.45) is 5.73 Å². The molecule has 94 valence electrons. The largest absolute Gasteiger partial charge is 0.341 e. The Balaban J connectivity index is 2.29. The summed E-state index contributed by atoms with van der Waals surface area (Å²) in [4.78, 5) is 6.02. The predicted molar refractivity (Wildman–Crippen MR) is 71.3 cm³/mol. The zero-order valence-electron chi connectivity index (χ0n) is 10.5. The summed E-state index contributed by atoms with van der Waals surface area (Å²) in [6.07, 6.45) is 1.70. The molecule has 0 fully saturated rings. The Kier molecular flexibility index (Phi) is 3.58. The van der Waals surface area contributed by atoms with Crippen molar-refractivity contribution >= 4 is 11.4 Å². The van der Waals surface area contributed by atoms with E-state index in [9.17, 15) is 4.39 Å². The monoisotopic (exact) mass is 245 g/mol. The Morgan fingerprint density at radius 2 is 1.94 bits per heavy atom. The van der Waals surface area contributed by atoms with Gasteiger partial charge in [-0.25, -0.2) is 4.39 Å². The van der Waals surface area contributed by atoms with E-state index in [4.69, 9.17) is 5.73 Å². The molecule has 0 aliphatic rings. The van der Waals surface area contributed by atoms with Gasteiger partial charge in [-0.05, 0) is 31.2 Å². The van der Waals surface area contributed by atoms with Crippen LogP contribution in [0.15, 0.2) is 42.6 Å². The summed E-state index contributed by atoms with van der Waals surface area (Å²) in [6, 6.07) is 10.3. The van der Waals surface area contributed by atoms with Crippen LogP contribution in [0.25, 0.3) is 0 Å². The van der Waals surface area contributed by atoms with Crippen molar-refractivity contribution in [1.82, 2.24) is 4.98 Å². The molecule has 2 rings (SSSR count). The quantitative estimate of drug-likeness (QED) is 0.903. The van der Waals surface area contributed by atoms with Gasteiger partial charge < -0.3 is 10.6 Å². The van der Waals surface area contributed by atoms with Crippen LogP contribution in [0.1, 0.15) is 18.7 Å². The lowest BCUT2D eigenvalue weighted by molar-refractivity contribution is 0.627. The number of pyridine rings is 1. The molecule has 1 aromatic heterocycles. The van der Waals surface area contributed by atoms with Gasteiger partial charge in [0.05, 0.1) is 23.3 Å². The summed E-state index contributed by atoms with van der Waals surface area (Å²) < 4.78 is 13.7. The van der Waals surface area contributed by atoms with Crippen molar-refractivity contribution in [2.45, 2.75) is 13.0 Å². The highest BCUT2D eigenvalue weighted by atomic mass is 19.1. The topological polar surface area (TPSA) is 42.1 Å². The lowest BCUT2D eigenvalue weighted by Crippen LogP contribution is -2.13. The number of aromatic nitrogens is 1. The first-order chi connectivity index (χ1) is 8.59. The lowest BCUT2D eigenvalue weighted by Gasteiger charge is -2.20. The zero-order chi connectivity index (χ0) is 13.1. The SMILES string of the molecule is C[C@@H](N)c1ccc(N(C)c2ccccc2F)cn1. The first-order valence-electron chi connectivity index (χ1n) is 5.79. The highest BCUT2D eigenvalue weighted by molar-refractivity contribution is 5.62. The minimum Gasteiger partial charge on any atom is -0.341 e. The minimum atomic E-state index is -0.253. The van der Waals surface area contributed by atoms with E-state index in [1.165, 1.54) is 6.07 Å². The molecule has 1 atom stereocenters. The fourth-order valence-electron chi connectivity index (χ4n) is 1.73. The van der Waals surface area contributed by atoms with Crippen LogP contribution in [-0.2, 0) is 0 Å². The Labute approximate surface area is 106 Å². The standard InChI is InChI=1S/C14H16FN3/c1-10(16)13-8-7-11(9-17-13)18(2)14-6-4-3-5-12(14)15/h3-10H,16H2,1-2H3/t10-/m1/s1. The van der Waals surface area contributed by atoms with Gasteiger partial charge in [-0.1, -0.05) is 12.1 Å². The molecule has 0 saturated carbocycles. The molecule has 2 N–H and O–H groups in total. The second-order valence-electron chi connectivity index (χ2n) is 4.24. The summed E-state index contributed by atoms with van der Waals surface area (Å²) >= 11 is 0. The van der Waals surface area contributed by atoms with Crippen molar-refractivity contribution in [2.75, 3.05) is 11.9 Å². The Morgan fingerprint density at radius 1 is 1.22 bits per heavy atom. The van der Waals surface area contributed by atoms with E-state index >= 15 is 0 Å². The van der Waals surface area contributed by atoms with E-state index in [0.717, 1.165) is 11.4 Å². The molecular weight excluding hydrogens is 229 g/mol. The van der Waals surface area contributed by atoms with Crippen LogP contribution >= 0.6 is 0 Å². The molecule has 4 heteroatoms. The van der Waals surface area contributed by atoms with Gasteiger partial charge in [-0.3, -0.25) is 4.98 Å². The third-order valence-electron chi connectivity index (χ3n) is 2.84. The first kappa shape index (κ1) is 12.5. The molecular formula is C14H16FN3. The number of nitrogens with zero attached hydrogens (tertiary/aromatic N) is 2. The summed E-state index contributed by atoms with van der Waals surface area (Å²) in [7, 11) is 1.81. The van der Waals surface area contributed by atoms with E-state index in [0.29, 0.717) is 5.69 Å². The van der Waals surface area contributed by atoms with Crippen LogP contribution in [0.5, 0.6) is 0 Å². The number of halogens is 1. The summed E-state index contributed by atoms with van der Waals surface area (Å²) in [5.74, 6) is -0.253. The number of anilines is 2. The highest BCUT2D eigenvalue weighted by Crippen LogP contribution is 2.25. The Hall–Kier alpha value is -1.94. The van der Waals surface area contributed by atoms with Gasteiger partial charge in [0.2, 0.25) is 0 Å². The maximum Gasteiger partial charge on any atom is 0.146 e. The third-order valence-corrected chi connectivity index (χ3v) is 2.84. The van der Waals surface area contributed by atoms with E-state index in [2.05, 4.69) is 4.98 Å². The van der Waals surface area contributed by atoms with Crippen LogP contribution in [0.3, 0.4) is 0 Å². The van der Waals surface area contributed by atoms with Crippen LogP contribution in [0.4, 0.5) is 15.8 Å². The Morgan fingerprint density at radius 3 is 2.50 bits per heavy atom. The average molecular weight is 245 g/mol. The van der Waals surface area contributed by atoms with Gasteiger partial charge in [0.25, 0.3) is 0 Å². The van der Waals surface area contributed by atoms with Crippen LogP contribution < -0.4 is 10.6 Å². The van der Waals surface area contributed by atoms with E-state index < -0.39 is 0 Å². The fourth-order valence-corrected chi connectivity index (χ4v) is 1.73. The molecule has 0 amide bonds. The van der Waals surface area contributed by atoms with E-state index in [1.54, 1.807) is 36.3 Å². The highest BCUT2D eigenvalue weighted by Gasteiger charge is 2.09. The zero-order valence-corrected chi connectivity index (χ0v) is 10.5. The maximum atomic E-state index is 13.7. The number of nitrogens with two attached hydrogens (primary N) is 1. The van der Waals surface area contributed by atoms with E-state index in [-0.39, 0.29) is 11.9 Å². The van der Waals surface area contributed by atoms with Gasteiger partial charge in [0, 0.05) is 13.1 Å². The van der Waals surface area contributed by atoms with Gasteiger partial charge in [-0.2, -0.15) is 0 Å². The third kappa shape index (κ3) is 2.49. The van der Waals surface area contributed by atoms with Gasteiger partial charge in [0.1, 0.15) is 5.82 Å². The van der Waals surface area contributed by atoms with Crippen molar-refractivity contribution < 1.29 is 4.39 Å². The molecule has 0 radical (unpaired) electrons. The molecule has 3 nitrogen and oxygen atoms in total. The molecule has 0 aliphatic carbocycles. The average Bonchev–Trinajstić information content (AvgIpc) is 2.38. The smallest absolute Gasteiger partial charge is 0.146 e. The Bertz CT molecular complexity index is 523. The summed E-state index contributed by atoms with van der Waals surface area (Å²) in [6.45, 7) is 1.88. The number of hydrogen-bond donors (Lipinski definition) is 1. The predicted octanol–water partition coefficient (Wildman–Crippen LogP) is 3.01. The second kappa shape index (κ2) is 5.14. The molecule has 2 aromatic rings. The number of rotatable bonds is 3. The van der Waals surface area contributed by atoms with Crippen molar-refractivity contribution in [1.29, 1.82) is 0 Å². The molecule has 18 heavy (non-hydrogen) atoms. The number of hydrogen-bond acceptors (Lipinski definition) is 3. The summed E-state index contributed by atoms with van der Waals surface area (Å²) in [5.41, 5.74) is 7.90. The molecule has 0 saturated heterocycles. The molecule has 1 heterocycles. The molecule has 0 spiro atoms. The molecule has 0 bridgehead atoms. The van der Waals surface area contributed by atoms with Gasteiger partial charge in [0.15, 0.2) is 0 Å². The lowest BCUT2D eigenvalue weighted by atomic mass is 10.2. The van der Waals surface area contributed by atoms with Crippen molar-refractivity contribution in [3.63, 3.8) is 0 Å². The molecule has 1 aromatic carbocycles. The second-order valence-corrected chi connectivity index (χ2v) is 4.24. The molecule has 0 unspecified atom stereocenters. The first-order valence-corrected chi connectivity index (χ1v) is 5.79. The minimum absolute atomic E-state index is 0.0992. The van der Waals surface area contributed by atoms with Crippen molar-refractivity contribution in [3.8, 4) is 0 Å². The van der Waals surface area contributed by atoms with Crippen LogP contribution in [0, 0.1) is 5.82 Å². The van der Waals surface area contributed by atoms with Crippen LogP contribution in [0.2, 0.25) is 0 Å². The molecule has 0 aliphatic heterocycles. The van der Waals surface area contributed by atoms with Gasteiger partial charge >= 0.3 is 0 Å². The van der Waals surface area contributed by atoms with Crippen LogP contribution in [-0.4, -0.2) is 12.0 Å².